The van der Waals surface area contributed by atoms with Crippen LogP contribution in [0.1, 0.15) is 16.1 Å². The second kappa shape index (κ2) is 6.24. The molecule has 0 aliphatic heterocycles. The van der Waals surface area contributed by atoms with E-state index in [9.17, 15) is 18.0 Å². The van der Waals surface area contributed by atoms with Gasteiger partial charge in [-0.2, -0.15) is 13.2 Å². The largest absolute Gasteiger partial charge is 0.433 e. The molecule has 7 nitrogen and oxygen atoms in total. The molecule has 1 amide bonds. The Balaban J connectivity index is 3.33. The van der Waals surface area contributed by atoms with Gasteiger partial charge in [0.15, 0.2) is 0 Å². The number of aromatic nitrogens is 1. The average Bonchev–Trinajstić information content (AvgIpc) is 2.43. The van der Waals surface area contributed by atoms with Crippen LogP contribution in [0.15, 0.2) is 12.1 Å². The van der Waals surface area contributed by atoms with Crippen molar-refractivity contribution in [3.05, 3.63) is 23.4 Å². The van der Waals surface area contributed by atoms with Gasteiger partial charge in [0.25, 0.3) is 5.91 Å². The normalized spacial score (nSPS) is 12.3. The summed E-state index contributed by atoms with van der Waals surface area (Å²) in [6.07, 6.45) is -4.76. The Kier molecular flexibility index (Phi) is 5.10. The molecule has 1 aromatic rings. The highest BCUT2D eigenvalue weighted by Gasteiger charge is 2.35. The number of halogens is 3. The Bertz CT molecular complexity index is 510. The maximum atomic E-state index is 12.6. The Morgan fingerprint density at radius 2 is 1.71 bits per heavy atom. The molecule has 118 valence electrons. The highest BCUT2D eigenvalue weighted by molar-refractivity contribution is 5.97. The van der Waals surface area contributed by atoms with Crippen molar-refractivity contribution in [2.45, 2.75) is 11.7 Å². The molecule has 0 aromatic carbocycles. The van der Waals surface area contributed by atoms with E-state index in [0.717, 1.165) is 6.07 Å². The first-order valence-corrected chi connectivity index (χ1v) is 5.68. The lowest BCUT2D eigenvalue weighted by atomic mass is 10.0. The quantitative estimate of drug-likeness (QED) is 0.474. The summed E-state index contributed by atoms with van der Waals surface area (Å²) in [7, 11) is 0. The van der Waals surface area contributed by atoms with E-state index in [1.165, 1.54) is 0 Å². The number of pyridine rings is 1. The fraction of sp³-hybridized carbons (Fsp3) is 0.455. The molecule has 0 aliphatic carbocycles. The maximum Gasteiger partial charge on any atom is 0.433 e. The van der Waals surface area contributed by atoms with Crippen LogP contribution in [-0.2, 0) is 6.18 Å². The van der Waals surface area contributed by atoms with Crippen molar-refractivity contribution < 1.29 is 33.3 Å². The summed E-state index contributed by atoms with van der Waals surface area (Å²) >= 11 is 0. The first-order valence-electron chi connectivity index (χ1n) is 5.68. The number of rotatable bonds is 6. The van der Waals surface area contributed by atoms with Crippen LogP contribution in [0.25, 0.3) is 0 Å². The lowest BCUT2D eigenvalue weighted by molar-refractivity contribution is -0.141. The number of anilines is 1. The number of carbonyl (C=O) groups excluding carboxylic acids is 1. The van der Waals surface area contributed by atoms with Crippen molar-refractivity contribution in [2.75, 3.05) is 25.1 Å². The van der Waals surface area contributed by atoms with E-state index < -0.39 is 49.0 Å². The zero-order valence-electron chi connectivity index (χ0n) is 10.7. The van der Waals surface area contributed by atoms with Gasteiger partial charge in [0.1, 0.15) is 17.1 Å². The molecule has 10 heteroatoms. The Hall–Kier alpha value is -1.91. The number of nitrogens with zero attached hydrogens (tertiary/aromatic N) is 1. The van der Waals surface area contributed by atoms with E-state index in [-0.39, 0.29) is 5.56 Å². The number of nitrogens with one attached hydrogen (secondary N) is 1. The summed E-state index contributed by atoms with van der Waals surface area (Å²) in [5.41, 5.74) is 1.61. The van der Waals surface area contributed by atoms with Crippen molar-refractivity contribution >= 4 is 11.7 Å². The lowest BCUT2D eigenvalue weighted by Gasteiger charge is -2.30. The van der Waals surface area contributed by atoms with Gasteiger partial charge in [0.2, 0.25) is 0 Å². The summed E-state index contributed by atoms with van der Waals surface area (Å²) in [6, 6.07) is 1.39. The van der Waals surface area contributed by atoms with Crippen molar-refractivity contribution in [3.63, 3.8) is 0 Å². The number of hydrogen-bond donors (Lipinski definition) is 5. The molecule has 0 aliphatic rings. The summed E-state index contributed by atoms with van der Waals surface area (Å²) in [5.74, 6) is -1.64. The predicted octanol–water partition coefficient (Wildman–Crippen LogP) is -0.673. The van der Waals surface area contributed by atoms with Gasteiger partial charge in [0, 0.05) is 0 Å². The number of carbonyl (C=O) groups is 1. The topological polar surface area (TPSA) is 129 Å². The second-order valence-corrected chi connectivity index (χ2v) is 4.33. The fourth-order valence-electron chi connectivity index (χ4n) is 1.43. The molecule has 1 rings (SSSR count). The number of aliphatic hydroxyl groups is 3. The fourth-order valence-corrected chi connectivity index (χ4v) is 1.43. The van der Waals surface area contributed by atoms with Crippen LogP contribution in [-0.4, -0.2) is 51.6 Å². The second-order valence-electron chi connectivity index (χ2n) is 4.33. The molecule has 6 N–H and O–H groups in total. The predicted molar refractivity (Wildman–Crippen MR) is 65.4 cm³/mol. The van der Waals surface area contributed by atoms with Gasteiger partial charge in [0.05, 0.1) is 25.4 Å². The lowest BCUT2D eigenvalue weighted by Crippen LogP contribution is -2.50. The molecule has 0 fully saturated rings. The molecule has 0 saturated heterocycles. The molecule has 1 heterocycles. The van der Waals surface area contributed by atoms with E-state index >= 15 is 0 Å². The number of aliphatic hydroxyl groups excluding tert-OH is 3. The summed E-state index contributed by atoms with van der Waals surface area (Å²) in [6.45, 7) is -2.43. The smallest absolute Gasteiger partial charge is 0.394 e. The summed E-state index contributed by atoms with van der Waals surface area (Å²) in [4.78, 5) is 14.4. The highest BCUT2D eigenvalue weighted by atomic mass is 19.4. The minimum atomic E-state index is -4.76. The third-order valence-electron chi connectivity index (χ3n) is 2.74. The first-order chi connectivity index (χ1) is 9.69. The van der Waals surface area contributed by atoms with Gasteiger partial charge in [-0.3, -0.25) is 4.79 Å². The molecule has 1 aromatic heterocycles. The van der Waals surface area contributed by atoms with Gasteiger partial charge in [-0.05, 0) is 12.1 Å². The van der Waals surface area contributed by atoms with E-state index in [4.69, 9.17) is 21.1 Å². The van der Waals surface area contributed by atoms with Gasteiger partial charge in [-0.25, -0.2) is 4.98 Å². The summed E-state index contributed by atoms with van der Waals surface area (Å²) in [5, 5.41) is 29.7. The van der Waals surface area contributed by atoms with Crippen LogP contribution in [0.2, 0.25) is 0 Å². The molecule has 0 spiro atoms. The number of hydrogen-bond acceptors (Lipinski definition) is 6. The number of primary amides is 1. The van der Waals surface area contributed by atoms with Gasteiger partial charge in [-0.1, -0.05) is 0 Å². The van der Waals surface area contributed by atoms with Gasteiger partial charge in [-0.15, -0.1) is 0 Å². The third-order valence-corrected chi connectivity index (χ3v) is 2.74. The van der Waals surface area contributed by atoms with Gasteiger partial charge >= 0.3 is 6.18 Å². The van der Waals surface area contributed by atoms with Crippen LogP contribution in [0, 0.1) is 0 Å². The minimum absolute atomic E-state index is 0.372. The van der Waals surface area contributed by atoms with Gasteiger partial charge < -0.3 is 26.4 Å². The van der Waals surface area contributed by atoms with Crippen LogP contribution in [0.4, 0.5) is 19.0 Å². The van der Waals surface area contributed by atoms with E-state index in [0.29, 0.717) is 6.07 Å². The highest BCUT2D eigenvalue weighted by Crippen LogP contribution is 2.30. The standard InChI is InChI=1S/C11H14F3N3O4/c12-11(13,14)7-2-1-6(8(15)21)9(16-7)17-10(3-18,4-19)5-20/h1-2,18-20H,3-5H2,(H2,15,21)(H,16,17). The number of nitrogens with two attached hydrogens (primary N) is 1. The van der Waals surface area contributed by atoms with Crippen molar-refractivity contribution in [3.8, 4) is 0 Å². The number of amides is 1. The molecule has 21 heavy (non-hydrogen) atoms. The monoisotopic (exact) mass is 309 g/mol. The molecule has 0 unspecified atom stereocenters. The molecule has 0 radical (unpaired) electrons. The van der Waals surface area contributed by atoms with Crippen LogP contribution in [0.3, 0.4) is 0 Å². The van der Waals surface area contributed by atoms with Crippen molar-refractivity contribution in [2.24, 2.45) is 5.73 Å². The molecule has 0 saturated carbocycles. The minimum Gasteiger partial charge on any atom is -0.394 e. The Morgan fingerprint density at radius 1 is 1.19 bits per heavy atom. The molecule has 0 atom stereocenters. The SMILES string of the molecule is NC(=O)c1ccc(C(F)(F)F)nc1NC(CO)(CO)CO. The van der Waals surface area contributed by atoms with E-state index in [1.807, 2.05) is 0 Å². The Morgan fingerprint density at radius 3 is 2.10 bits per heavy atom. The van der Waals surface area contributed by atoms with Crippen molar-refractivity contribution in [1.29, 1.82) is 0 Å². The van der Waals surface area contributed by atoms with Crippen LogP contribution >= 0.6 is 0 Å². The molecular formula is C11H14F3N3O4. The van der Waals surface area contributed by atoms with E-state index in [1.54, 1.807) is 0 Å². The van der Waals surface area contributed by atoms with E-state index in [2.05, 4.69) is 10.3 Å². The van der Waals surface area contributed by atoms with Crippen LogP contribution < -0.4 is 11.1 Å². The summed E-state index contributed by atoms with van der Waals surface area (Å²) < 4.78 is 37.9. The average molecular weight is 309 g/mol. The third kappa shape index (κ3) is 3.80. The first kappa shape index (κ1) is 17.1. The zero-order chi connectivity index (χ0) is 16.3. The number of alkyl halides is 3. The maximum absolute atomic E-state index is 12.6. The molecular weight excluding hydrogens is 295 g/mol. The van der Waals surface area contributed by atoms with Crippen LogP contribution in [0.5, 0.6) is 0 Å². The van der Waals surface area contributed by atoms with Crippen molar-refractivity contribution in [1.82, 2.24) is 4.98 Å². The zero-order valence-corrected chi connectivity index (χ0v) is 10.7. The Labute approximate surface area is 117 Å². The molecule has 0 bridgehead atoms.